The molecule has 1 aliphatic heterocycles. The van der Waals surface area contributed by atoms with E-state index in [1.165, 1.54) is 12.8 Å². The van der Waals surface area contributed by atoms with Crippen molar-refractivity contribution in [2.24, 2.45) is 11.8 Å². The number of nitro groups is 1. The molecule has 7 N–H and O–H groups in total. The van der Waals surface area contributed by atoms with Gasteiger partial charge in [-0.1, -0.05) is 57.8 Å². The molecule has 4 atom stereocenters. The van der Waals surface area contributed by atoms with Crippen molar-refractivity contribution in [1.82, 2.24) is 21.4 Å². The predicted molar refractivity (Wildman–Crippen MR) is 122 cm³/mol. The first-order valence-corrected chi connectivity index (χ1v) is 11.8. The van der Waals surface area contributed by atoms with Gasteiger partial charge in [0.05, 0.1) is 0 Å². The van der Waals surface area contributed by atoms with E-state index in [1.807, 2.05) is 13.8 Å². The fourth-order valence-corrected chi connectivity index (χ4v) is 4.92. The molecule has 1 amide bonds. The van der Waals surface area contributed by atoms with Crippen molar-refractivity contribution < 1.29 is 19.9 Å². The van der Waals surface area contributed by atoms with Gasteiger partial charge in [-0.25, -0.2) is 10.1 Å². The molecule has 182 valence electrons. The molecule has 12 heteroatoms. The van der Waals surface area contributed by atoms with Crippen LogP contribution in [0.1, 0.15) is 71.6 Å². The van der Waals surface area contributed by atoms with Crippen molar-refractivity contribution in [3.8, 4) is 0 Å². The molecule has 2 rings (SSSR count). The molecular weight excluding hydrogens is 415 g/mol. The Morgan fingerprint density at radius 1 is 1.22 bits per heavy atom. The minimum absolute atomic E-state index is 0.00775. The van der Waals surface area contributed by atoms with Gasteiger partial charge >= 0.3 is 7.12 Å². The summed E-state index contributed by atoms with van der Waals surface area (Å²) in [7, 11) is -1.49. The molecule has 2 aliphatic rings. The maximum atomic E-state index is 13.6. The highest BCUT2D eigenvalue weighted by molar-refractivity contribution is 6.41. The lowest BCUT2D eigenvalue weighted by atomic mass is 9.76. The fraction of sp³-hybridized carbons (Fsp3) is 0.900. The first kappa shape index (κ1) is 26.3. The fourth-order valence-electron chi connectivity index (χ4n) is 4.92. The molecule has 32 heavy (non-hydrogen) atoms. The molecule has 0 spiro atoms. The molecule has 0 aromatic carbocycles. The molecule has 1 heterocycles. The maximum absolute atomic E-state index is 13.6. The van der Waals surface area contributed by atoms with Gasteiger partial charge in [-0.05, 0) is 31.1 Å². The zero-order valence-electron chi connectivity index (χ0n) is 19.2. The second-order valence-corrected chi connectivity index (χ2v) is 9.46. The van der Waals surface area contributed by atoms with E-state index < -0.39 is 17.7 Å². The lowest BCUT2D eigenvalue weighted by Crippen LogP contribution is -2.52. The average Bonchev–Trinajstić information content (AvgIpc) is 3.41. The minimum Gasteiger partial charge on any atom is -0.427 e. The molecule has 2 fully saturated rings. The Labute approximate surface area is 190 Å². The average molecular weight is 454 g/mol. The monoisotopic (exact) mass is 454 g/mol. The third-order valence-corrected chi connectivity index (χ3v) is 6.78. The van der Waals surface area contributed by atoms with E-state index in [1.54, 1.807) is 5.43 Å². The van der Waals surface area contributed by atoms with Gasteiger partial charge in [0.25, 0.3) is 5.96 Å². The smallest absolute Gasteiger partial charge is 0.427 e. The van der Waals surface area contributed by atoms with Crippen LogP contribution in [0.2, 0.25) is 6.32 Å². The zero-order valence-corrected chi connectivity index (χ0v) is 19.2. The van der Waals surface area contributed by atoms with Crippen LogP contribution in [0, 0.1) is 27.4 Å². The SMILES string of the molecule is CC(C)[C@H](CB(O)O)NC(=O)C12NC1CCCCCCCCC2CCNC(=N)N[N+](=O)[O-]. The van der Waals surface area contributed by atoms with Crippen LogP contribution in [0.3, 0.4) is 0 Å². The largest absolute Gasteiger partial charge is 0.453 e. The summed E-state index contributed by atoms with van der Waals surface area (Å²) in [5, 5.41) is 45.5. The van der Waals surface area contributed by atoms with Crippen molar-refractivity contribution in [2.45, 2.75) is 95.6 Å². The maximum Gasteiger partial charge on any atom is 0.453 e. The van der Waals surface area contributed by atoms with E-state index >= 15 is 0 Å². The Bertz CT molecular complexity index is 652. The van der Waals surface area contributed by atoms with Gasteiger partial charge in [-0.15, -0.1) is 0 Å². The molecule has 3 unspecified atom stereocenters. The number of hydrogen-bond donors (Lipinski definition) is 7. The van der Waals surface area contributed by atoms with Gasteiger partial charge in [-0.2, -0.15) is 0 Å². The summed E-state index contributed by atoms with van der Waals surface area (Å²) in [5.74, 6) is -0.425. The van der Waals surface area contributed by atoms with Crippen LogP contribution in [0.15, 0.2) is 0 Å². The Kier molecular flexibility index (Phi) is 10.2. The van der Waals surface area contributed by atoms with Crippen LogP contribution in [0.5, 0.6) is 0 Å². The number of amides is 1. The zero-order chi connectivity index (χ0) is 23.7. The Balaban J connectivity index is 2.14. The third kappa shape index (κ3) is 7.59. The van der Waals surface area contributed by atoms with Gasteiger partial charge in [0.2, 0.25) is 5.91 Å². The highest BCUT2D eigenvalue weighted by atomic mass is 16.7. The number of hydrazine groups is 1. The molecule has 1 saturated heterocycles. The van der Waals surface area contributed by atoms with E-state index in [9.17, 15) is 25.0 Å². The molecule has 0 bridgehead atoms. The lowest BCUT2D eigenvalue weighted by molar-refractivity contribution is -0.525. The van der Waals surface area contributed by atoms with E-state index in [-0.39, 0.29) is 42.1 Å². The summed E-state index contributed by atoms with van der Waals surface area (Å²) in [6.45, 7) is 4.22. The quantitative estimate of drug-likeness (QED) is 0.0665. The number of carbonyl (C=O) groups is 1. The van der Waals surface area contributed by atoms with Crippen molar-refractivity contribution >= 4 is 19.0 Å². The number of guanidine groups is 1. The van der Waals surface area contributed by atoms with E-state index in [0.29, 0.717) is 13.0 Å². The van der Waals surface area contributed by atoms with Crippen LogP contribution >= 0.6 is 0 Å². The first-order valence-electron chi connectivity index (χ1n) is 11.8. The van der Waals surface area contributed by atoms with Crippen molar-refractivity contribution in [2.75, 3.05) is 6.54 Å². The van der Waals surface area contributed by atoms with Gasteiger partial charge in [-0.3, -0.25) is 15.5 Å². The number of hydrogen-bond acceptors (Lipinski definition) is 7. The summed E-state index contributed by atoms with van der Waals surface area (Å²) in [6.07, 6.45) is 9.12. The highest BCUT2D eigenvalue weighted by Gasteiger charge is 2.63. The number of carbonyl (C=O) groups excluding carboxylic acids is 1. The molecule has 0 aromatic heterocycles. The van der Waals surface area contributed by atoms with E-state index in [4.69, 9.17) is 5.41 Å². The number of rotatable bonds is 9. The third-order valence-electron chi connectivity index (χ3n) is 6.78. The summed E-state index contributed by atoms with van der Waals surface area (Å²) >= 11 is 0. The number of nitrogens with one attached hydrogen (secondary N) is 5. The number of fused-ring (bicyclic) bond motifs is 1. The second kappa shape index (κ2) is 12.4. The Morgan fingerprint density at radius 2 is 1.84 bits per heavy atom. The Morgan fingerprint density at radius 3 is 2.44 bits per heavy atom. The summed E-state index contributed by atoms with van der Waals surface area (Å²) in [5.41, 5.74) is 1.07. The van der Waals surface area contributed by atoms with Crippen LogP contribution < -0.4 is 21.4 Å². The van der Waals surface area contributed by atoms with Gasteiger partial charge in [0, 0.05) is 24.9 Å². The van der Waals surface area contributed by atoms with Crippen LogP contribution in [-0.4, -0.2) is 58.2 Å². The number of nitrogens with zero attached hydrogens (tertiary/aromatic N) is 1. The molecule has 11 nitrogen and oxygen atoms in total. The van der Waals surface area contributed by atoms with Crippen LogP contribution in [-0.2, 0) is 4.79 Å². The Hall–Kier alpha value is -1.92. The van der Waals surface area contributed by atoms with Gasteiger partial charge in [0.1, 0.15) is 5.54 Å². The van der Waals surface area contributed by atoms with Gasteiger partial charge < -0.3 is 20.7 Å². The van der Waals surface area contributed by atoms with Crippen LogP contribution in [0.4, 0.5) is 0 Å². The molecule has 0 aromatic rings. The van der Waals surface area contributed by atoms with Crippen molar-refractivity contribution in [1.29, 1.82) is 5.41 Å². The topological polar surface area (TPSA) is 183 Å². The summed E-state index contributed by atoms with van der Waals surface area (Å²) in [4.78, 5) is 24.1. The second-order valence-electron chi connectivity index (χ2n) is 9.46. The highest BCUT2D eigenvalue weighted by Crippen LogP contribution is 2.43. The first-order chi connectivity index (χ1) is 15.2. The van der Waals surface area contributed by atoms with Crippen LogP contribution in [0.25, 0.3) is 0 Å². The van der Waals surface area contributed by atoms with Crippen molar-refractivity contribution in [3.63, 3.8) is 0 Å². The minimum atomic E-state index is -1.49. The van der Waals surface area contributed by atoms with Crippen molar-refractivity contribution in [3.05, 3.63) is 10.1 Å². The summed E-state index contributed by atoms with van der Waals surface area (Å²) in [6, 6.07) is -0.289. The molecule has 0 radical (unpaired) electrons. The molecular formula is C20H39BN6O5. The lowest BCUT2D eigenvalue weighted by Gasteiger charge is -2.30. The normalized spacial score (nSPS) is 26.8. The van der Waals surface area contributed by atoms with E-state index in [0.717, 1.165) is 38.5 Å². The molecule has 1 saturated carbocycles. The summed E-state index contributed by atoms with van der Waals surface area (Å²) < 4.78 is 0. The van der Waals surface area contributed by atoms with Gasteiger partial charge in [0.15, 0.2) is 5.03 Å². The standard InChI is InChI=1S/C20H39BN6O5/c1-14(2)16(13-21(29)30)24-18(28)20-15(11-12-23-19(22)26-27(31)32)9-7-5-3-4-6-8-10-17(20)25-20/h14-17,25,29-30H,3-13H2,1-2H3,(H,24,28)(H3,22,23,26)/t15?,16-,17?,20?/m0/s1. The van der Waals surface area contributed by atoms with E-state index in [2.05, 4.69) is 16.0 Å². The predicted octanol–water partition coefficient (Wildman–Crippen LogP) is 0.757. The molecule has 1 aliphatic carbocycles.